The topological polar surface area (TPSA) is 245 Å². The van der Waals surface area contributed by atoms with E-state index in [0.29, 0.717) is 92.4 Å². The summed E-state index contributed by atoms with van der Waals surface area (Å²) in [5.41, 5.74) is 5.44. The number of ketones is 6. The van der Waals surface area contributed by atoms with Crippen LogP contribution < -0.4 is 18.9 Å². The number of unbranched alkanes of at least 4 members (excludes halogenated alkanes) is 12. The Morgan fingerprint density at radius 1 is 0.310 bits per heavy atom. The Morgan fingerprint density at radius 2 is 0.530 bits per heavy atom. The lowest BCUT2D eigenvalue weighted by atomic mass is 9.86. The lowest BCUT2D eigenvalue weighted by Gasteiger charge is -2.25. The quantitative estimate of drug-likeness (QED) is 0.00877. The first-order valence-corrected chi connectivity index (χ1v) is 36.4. The number of hydrogen-bond donors (Lipinski definition) is 0. The van der Waals surface area contributed by atoms with E-state index in [1.165, 1.54) is 13.8 Å². The SMILES string of the molecule is C=C(C)C(=O)OCCOc1c2cc(C(=O)CCCCCC)cc1Cc1cc(C(=O)CCCCCC)cc(c1OCCOC(=O)CC(=O)CC)Cc1cc(C(=O)CCCCCC)cc(c1OCCOC(=O)C(=C)C)Cc1cc(C(=O)CCCCCC)cc(c1OCCOC(=O)CC(=O)CC)C2. The van der Waals surface area contributed by atoms with Crippen molar-refractivity contribution >= 4 is 58.6 Å². The zero-order valence-corrected chi connectivity index (χ0v) is 60.8. The predicted molar refractivity (Wildman–Crippen MR) is 385 cm³/mol. The summed E-state index contributed by atoms with van der Waals surface area (Å²) < 4.78 is 49.8. The molecule has 4 aromatic carbocycles. The molecule has 0 aromatic heterocycles. The maximum Gasteiger partial charge on any atom is 0.333 e. The second kappa shape index (κ2) is 44.6. The van der Waals surface area contributed by atoms with E-state index in [1.807, 2.05) is 0 Å². The zero-order valence-electron chi connectivity index (χ0n) is 60.8. The van der Waals surface area contributed by atoms with E-state index < -0.39 is 36.7 Å². The van der Waals surface area contributed by atoms with E-state index >= 15 is 0 Å². The molecule has 8 bridgehead atoms. The van der Waals surface area contributed by atoms with Gasteiger partial charge < -0.3 is 37.9 Å². The molecular formula is C82H108O18. The monoisotopic (exact) mass is 1380 g/mol. The third kappa shape index (κ3) is 27.5. The van der Waals surface area contributed by atoms with E-state index in [-0.39, 0.29) is 186 Å². The van der Waals surface area contributed by atoms with Gasteiger partial charge in [0.05, 0.1) is 0 Å². The van der Waals surface area contributed by atoms with Gasteiger partial charge >= 0.3 is 23.9 Å². The smallest absolute Gasteiger partial charge is 0.333 e. The molecule has 544 valence electrons. The number of ether oxygens (including phenoxy) is 8. The molecule has 0 saturated carbocycles. The Bertz CT molecular complexity index is 3170. The fraction of sp³-hybridized carbons (Fsp3) is 0.537. The molecule has 0 saturated heterocycles. The van der Waals surface area contributed by atoms with Gasteiger partial charge in [0.1, 0.15) is 100 Å². The number of Topliss-reactive ketones (excluding diaryl/α,β-unsaturated/α-hetero) is 6. The van der Waals surface area contributed by atoms with Crippen LogP contribution in [0, 0.1) is 0 Å². The van der Waals surface area contributed by atoms with Gasteiger partial charge in [0.15, 0.2) is 23.1 Å². The highest BCUT2D eigenvalue weighted by atomic mass is 16.6. The van der Waals surface area contributed by atoms with Gasteiger partial charge in [-0.25, -0.2) is 9.59 Å². The average Bonchev–Trinajstić information content (AvgIpc) is 0.770. The molecule has 4 aromatic rings. The van der Waals surface area contributed by atoms with E-state index in [9.17, 15) is 47.9 Å². The van der Waals surface area contributed by atoms with E-state index in [2.05, 4.69) is 40.9 Å². The predicted octanol–water partition coefficient (Wildman–Crippen LogP) is 16.6. The number of esters is 4. The molecule has 0 amide bonds. The Balaban J connectivity index is 2.03. The molecule has 1 aliphatic rings. The van der Waals surface area contributed by atoms with Gasteiger partial charge in [0, 0.05) is 97.6 Å². The molecule has 0 aliphatic heterocycles. The van der Waals surface area contributed by atoms with Gasteiger partial charge in [-0.15, -0.1) is 0 Å². The summed E-state index contributed by atoms with van der Waals surface area (Å²) in [7, 11) is 0. The molecule has 100 heavy (non-hydrogen) atoms. The lowest BCUT2D eigenvalue weighted by molar-refractivity contribution is -0.148. The van der Waals surface area contributed by atoms with Crippen LogP contribution in [0.2, 0.25) is 0 Å². The third-order valence-corrected chi connectivity index (χ3v) is 17.3. The van der Waals surface area contributed by atoms with Crippen molar-refractivity contribution < 1.29 is 85.8 Å². The Morgan fingerprint density at radius 3 is 0.730 bits per heavy atom. The number of fused-ring (bicyclic) bond motifs is 8. The first-order chi connectivity index (χ1) is 48.1. The van der Waals surface area contributed by atoms with E-state index in [4.69, 9.17) is 37.9 Å². The van der Waals surface area contributed by atoms with Crippen LogP contribution in [0.25, 0.3) is 0 Å². The number of carbonyl (C=O) groups excluding carboxylic acids is 10. The maximum atomic E-state index is 14.9. The molecule has 18 heteroatoms. The zero-order chi connectivity index (χ0) is 72.9. The van der Waals surface area contributed by atoms with Crippen molar-refractivity contribution in [3.8, 4) is 23.0 Å². The largest absolute Gasteiger partial charge is 0.489 e. The minimum atomic E-state index is -0.731. The number of carbonyl (C=O) groups is 10. The fourth-order valence-corrected chi connectivity index (χ4v) is 11.8. The summed E-state index contributed by atoms with van der Waals surface area (Å²) in [5.74, 6) is -2.82. The molecule has 0 fully saturated rings. The maximum absolute atomic E-state index is 14.9. The van der Waals surface area contributed by atoms with Gasteiger partial charge in [-0.05, 0) is 133 Å². The van der Waals surface area contributed by atoms with Crippen LogP contribution in [0.5, 0.6) is 23.0 Å². The summed E-state index contributed by atoms with van der Waals surface area (Å²) in [6.45, 7) is 20.5. The molecule has 0 unspecified atom stereocenters. The van der Waals surface area contributed by atoms with Crippen LogP contribution in [0.15, 0.2) is 72.8 Å². The summed E-state index contributed by atoms with van der Waals surface area (Å²) in [5, 5.41) is 0. The number of hydrogen-bond acceptors (Lipinski definition) is 18. The van der Waals surface area contributed by atoms with Crippen molar-refractivity contribution in [2.45, 2.75) is 235 Å². The molecule has 0 atom stereocenters. The third-order valence-electron chi connectivity index (χ3n) is 17.3. The minimum absolute atomic E-state index is 0.0648. The van der Waals surface area contributed by atoms with Crippen molar-refractivity contribution in [1.29, 1.82) is 0 Å². The number of rotatable bonds is 48. The van der Waals surface area contributed by atoms with Crippen LogP contribution in [0.4, 0.5) is 0 Å². The molecule has 1 aliphatic carbocycles. The van der Waals surface area contributed by atoms with Crippen molar-refractivity contribution in [2.75, 3.05) is 52.9 Å². The molecule has 0 N–H and O–H groups in total. The number of benzene rings is 4. The molecular weight excluding hydrogens is 1270 g/mol. The normalized spacial score (nSPS) is 11.6. The highest BCUT2D eigenvalue weighted by molar-refractivity contribution is 6.00. The van der Waals surface area contributed by atoms with Crippen molar-refractivity contribution in [1.82, 2.24) is 0 Å². The van der Waals surface area contributed by atoms with Crippen LogP contribution in [0.3, 0.4) is 0 Å². The van der Waals surface area contributed by atoms with Gasteiger partial charge in [-0.1, -0.05) is 132 Å². The second-order valence-electron chi connectivity index (χ2n) is 25.9. The van der Waals surface area contributed by atoms with Crippen LogP contribution >= 0.6 is 0 Å². The average molecular weight is 1380 g/mol. The van der Waals surface area contributed by atoms with E-state index in [0.717, 1.165) is 77.0 Å². The van der Waals surface area contributed by atoms with Gasteiger partial charge in [0.2, 0.25) is 0 Å². The van der Waals surface area contributed by atoms with Gasteiger partial charge in [-0.3, -0.25) is 38.4 Å². The Hall–Kier alpha value is -8.54. The minimum Gasteiger partial charge on any atom is -0.489 e. The molecule has 0 radical (unpaired) electrons. The van der Waals surface area contributed by atoms with Crippen molar-refractivity contribution in [2.24, 2.45) is 0 Å². The molecule has 5 rings (SSSR count). The second-order valence-corrected chi connectivity index (χ2v) is 25.9. The first-order valence-electron chi connectivity index (χ1n) is 36.4. The summed E-state index contributed by atoms with van der Waals surface area (Å²) in [6.07, 6.45) is 13.2. The standard InChI is InChI=1S/C82H108O18/c1-11-17-21-25-29-71(85)57-41-61-49-65-45-59(73(87)31-27-23-19-13-3)47-67(79(65)97-37-39-99-81(91)55(7)8)51-63-43-58(72(86)30-26-22-18-12-2)44-64(78(63)96-36-34-94-76(90)54-70(84)16-6)52-68-48-60(74(88)32-28-24-20-14-4)46-66(80(68)98-38-40-100-82(92)56(9)10)50-62(42-57)77(61)95-35-33-93-75(89)53-69(83)15-5/h41-48H,7,9,11-40,49-54H2,1-6,8,10H3. The highest BCUT2D eigenvalue weighted by Gasteiger charge is 2.29. The molecule has 0 heterocycles. The van der Waals surface area contributed by atoms with Crippen LogP contribution in [-0.2, 0) is 73.4 Å². The summed E-state index contributed by atoms with van der Waals surface area (Å²) in [4.78, 5) is 136. The summed E-state index contributed by atoms with van der Waals surface area (Å²) >= 11 is 0. The molecule has 18 nitrogen and oxygen atoms in total. The van der Waals surface area contributed by atoms with Gasteiger partial charge in [0.25, 0.3) is 0 Å². The summed E-state index contributed by atoms with van der Waals surface area (Å²) in [6, 6.07) is 14.1. The highest BCUT2D eigenvalue weighted by Crippen LogP contribution is 2.42. The Kier molecular flexibility index (Phi) is 36.6. The Labute approximate surface area is 592 Å². The lowest BCUT2D eigenvalue weighted by Crippen LogP contribution is -2.18. The van der Waals surface area contributed by atoms with Crippen molar-refractivity contribution in [3.05, 3.63) is 140 Å². The van der Waals surface area contributed by atoms with Crippen molar-refractivity contribution in [3.63, 3.8) is 0 Å². The fourth-order valence-electron chi connectivity index (χ4n) is 11.8. The van der Waals surface area contributed by atoms with Crippen LogP contribution in [-0.4, -0.2) is 111 Å². The first kappa shape index (κ1) is 82.1. The molecule has 0 spiro atoms. The van der Waals surface area contributed by atoms with Crippen LogP contribution in [0.1, 0.15) is 295 Å². The van der Waals surface area contributed by atoms with E-state index in [1.54, 1.807) is 62.4 Å². The van der Waals surface area contributed by atoms with Gasteiger partial charge in [-0.2, -0.15) is 0 Å².